The molecule has 0 unspecified atom stereocenters. The van der Waals surface area contributed by atoms with Gasteiger partial charge in [0.1, 0.15) is 10.6 Å². The third-order valence-electron chi connectivity index (χ3n) is 2.95. The minimum absolute atomic E-state index is 0.295. The number of rotatable bonds is 5. The lowest BCUT2D eigenvalue weighted by molar-refractivity contribution is 0.1000. The highest BCUT2D eigenvalue weighted by atomic mass is 32.1. The maximum atomic E-state index is 12.1. The van der Waals surface area contributed by atoms with Crippen molar-refractivity contribution in [3.63, 3.8) is 0 Å². The van der Waals surface area contributed by atoms with Gasteiger partial charge in [-0.25, -0.2) is 9.97 Å². The minimum atomic E-state index is -0.568. The van der Waals surface area contributed by atoms with Gasteiger partial charge in [-0.15, -0.1) is 11.3 Å². The lowest BCUT2D eigenvalue weighted by Crippen LogP contribution is -2.12. The third kappa shape index (κ3) is 3.79. The first-order valence-corrected chi connectivity index (χ1v) is 8.37. The van der Waals surface area contributed by atoms with E-state index in [1.165, 1.54) is 17.5 Å². The van der Waals surface area contributed by atoms with Gasteiger partial charge < -0.3 is 5.73 Å². The fraction of sp³-hybridized carbons (Fsp3) is 0.0667. The minimum Gasteiger partial charge on any atom is -0.365 e. The molecule has 0 bridgehead atoms. The van der Waals surface area contributed by atoms with E-state index >= 15 is 0 Å². The van der Waals surface area contributed by atoms with Crippen LogP contribution in [0.15, 0.2) is 41.9 Å². The van der Waals surface area contributed by atoms with Gasteiger partial charge in [-0.1, -0.05) is 41.7 Å². The first-order valence-electron chi connectivity index (χ1n) is 6.67. The number of nitrogens with one attached hydrogen (secondary N) is 1. The van der Waals surface area contributed by atoms with Crippen molar-refractivity contribution in [1.29, 1.82) is 0 Å². The van der Waals surface area contributed by atoms with Crippen LogP contribution in [0, 0.1) is 0 Å². The van der Waals surface area contributed by atoms with Crippen LogP contribution in [0.3, 0.4) is 0 Å². The molecule has 0 aliphatic carbocycles. The summed E-state index contributed by atoms with van der Waals surface area (Å²) in [6, 6.07) is 9.92. The number of anilines is 1. The number of carbonyl (C=O) groups excluding carboxylic acids is 2. The summed E-state index contributed by atoms with van der Waals surface area (Å²) in [7, 11) is 0. The maximum absolute atomic E-state index is 12.1. The van der Waals surface area contributed by atoms with Gasteiger partial charge in [0.15, 0.2) is 5.13 Å². The van der Waals surface area contributed by atoms with E-state index in [0.717, 1.165) is 21.9 Å². The fourth-order valence-electron chi connectivity index (χ4n) is 1.87. The second kappa shape index (κ2) is 6.67. The topological polar surface area (TPSA) is 98.0 Å². The van der Waals surface area contributed by atoms with Crippen LogP contribution in [0.2, 0.25) is 0 Å². The van der Waals surface area contributed by atoms with Gasteiger partial charge >= 0.3 is 0 Å². The van der Waals surface area contributed by atoms with Crippen molar-refractivity contribution in [2.24, 2.45) is 5.73 Å². The van der Waals surface area contributed by atoms with E-state index in [1.807, 2.05) is 30.3 Å². The van der Waals surface area contributed by atoms with Crippen LogP contribution in [0.25, 0.3) is 0 Å². The zero-order valence-electron chi connectivity index (χ0n) is 11.9. The Morgan fingerprint density at radius 1 is 1.22 bits per heavy atom. The van der Waals surface area contributed by atoms with E-state index in [0.29, 0.717) is 22.1 Å². The molecule has 0 spiro atoms. The van der Waals surface area contributed by atoms with E-state index in [9.17, 15) is 9.59 Å². The fourth-order valence-corrected chi connectivity index (χ4v) is 3.35. The van der Waals surface area contributed by atoms with Crippen LogP contribution in [-0.2, 0) is 6.42 Å². The summed E-state index contributed by atoms with van der Waals surface area (Å²) in [5.74, 6) is -0.923. The molecule has 0 fully saturated rings. The van der Waals surface area contributed by atoms with Crippen LogP contribution < -0.4 is 11.1 Å². The molecular weight excluding hydrogens is 332 g/mol. The van der Waals surface area contributed by atoms with Gasteiger partial charge in [-0.2, -0.15) is 0 Å². The van der Waals surface area contributed by atoms with E-state index in [2.05, 4.69) is 15.3 Å². The molecule has 0 aliphatic rings. The van der Waals surface area contributed by atoms with Crippen molar-refractivity contribution in [3.05, 3.63) is 63.1 Å². The average Bonchev–Trinajstić information content (AvgIpc) is 3.18. The predicted octanol–water partition coefficient (Wildman–Crippen LogP) is 2.54. The van der Waals surface area contributed by atoms with Crippen LogP contribution >= 0.6 is 22.7 Å². The number of hydrogen-bond acceptors (Lipinski definition) is 6. The lowest BCUT2D eigenvalue weighted by Gasteiger charge is -1.98. The Labute approximate surface area is 140 Å². The molecule has 116 valence electrons. The monoisotopic (exact) mass is 344 g/mol. The Morgan fingerprint density at radius 3 is 2.70 bits per heavy atom. The zero-order chi connectivity index (χ0) is 16.2. The highest BCUT2D eigenvalue weighted by molar-refractivity contribution is 7.17. The number of thiazole rings is 2. The molecule has 0 saturated heterocycles. The van der Waals surface area contributed by atoms with Gasteiger partial charge in [-0.05, 0) is 5.56 Å². The molecule has 23 heavy (non-hydrogen) atoms. The van der Waals surface area contributed by atoms with Crippen molar-refractivity contribution in [2.45, 2.75) is 6.42 Å². The number of amides is 2. The smallest absolute Gasteiger partial charge is 0.276 e. The van der Waals surface area contributed by atoms with Crippen molar-refractivity contribution in [2.75, 3.05) is 5.32 Å². The molecule has 6 nitrogen and oxygen atoms in total. The molecule has 0 radical (unpaired) electrons. The molecule has 2 amide bonds. The van der Waals surface area contributed by atoms with Crippen molar-refractivity contribution in [3.8, 4) is 0 Å². The summed E-state index contributed by atoms with van der Waals surface area (Å²) in [6.45, 7) is 0. The number of aromatic nitrogens is 2. The predicted molar refractivity (Wildman–Crippen MR) is 89.9 cm³/mol. The Hall–Kier alpha value is -2.58. The lowest BCUT2D eigenvalue weighted by atomic mass is 10.2. The second-order valence-corrected chi connectivity index (χ2v) is 6.61. The Bertz CT molecular complexity index is 842. The molecule has 0 aliphatic heterocycles. The van der Waals surface area contributed by atoms with Crippen LogP contribution in [0.1, 0.15) is 30.7 Å². The Morgan fingerprint density at radius 2 is 2.00 bits per heavy atom. The van der Waals surface area contributed by atoms with E-state index in [1.54, 1.807) is 5.38 Å². The van der Waals surface area contributed by atoms with Gasteiger partial charge in [0.25, 0.3) is 11.8 Å². The standard InChI is InChI=1S/C15H12N4O2S2/c16-13(20)11-7-17-15(23-11)19-14(21)10-8-22-12(18-10)6-9-4-2-1-3-5-9/h1-5,7-8H,6H2,(H2,16,20)(H,17,19,21). The van der Waals surface area contributed by atoms with Crippen LogP contribution in [0.5, 0.6) is 0 Å². The van der Waals surface area contributed by atoms with E-state index < -0.39 is 5.91 Å². The van der Waals surface area contributed by atoms with Gasteiger partial charge in [0.2, 0.25) is 0 Å². The normalized spacial score (nSPS) is 10.4. The number of nitrogens with zero attached hydrogens (tertiary/aromatic N) is 2. The van der Waals surface area contributed by atoms with Crippen LogP contribution in [0.4, 0.5) is 5.13 Å². The number of nitrogens with two attached hydrogens (primary N) is 1. The molecule has 3 rings (SSSR count). The second-order valence-electron chi connectivity index (χ2n) is 4.64. The number of carbonyl (C=O) groups is 2. The summed E-state index contributed by atoms with van der Waals surface area (Å²) in [5, 5.41) is 5.50. The highest BCUT2D eigenvalue weighted by Gasteiger charge is 2.14. The zero-order valence-corrected chi connectivity index (χ0v) is 13.5. The van der Waals surface area contributed by atoms with Gasteiger partial charge in [0, 0.05) is 11.8 Å². The maximum Gasteiger partial charge on any atom is 0.276 e. The third-order valence-corrected chi connectivity index (χ3v) is 4.73. The van der Waals surface area contributed by atoms with E-state index in [4.69, 9.17) is 5.73 Å². The first kappa shape index (κ1) is 15.3. The molecular formula is C15H12N4O2S2. The summed E-state index contributed by atoms with van der Waals surface area (Å²) >= 11 is 2.46. The molecule has 2 heterocycles. The summed E-state index contributed by atoms with van der Waals surface area (Å²) in [5.41, 5.74) is 6.62. The highest BCUT2D eigenvalue weighted by Crippen LogP contribution is 2.19. The van der Waals surface area contributed by atoms with Crippen LogP contribution in [-0.4, -0.2) is 21.8 Å². The van der Waals surface area contributed by atoms with Gasteiger partial charge in [-0.3, -0.25) is 14.9 Å². The van der Waals surface area contributed by atoms with E-state index in [-0.39, 0.29) is 5.91 Å². The van der Waals surface area contributed by atoms with Gasteiger partial charge in [0.05, 0.1) is 11.2 Å². The van der Waals surface area contributed by atoms with Crippen molar-refractivity contribution in [1.82, 2.24) is 9.97 Å². The number of hydrogen-bond donors (Lipinski definition) is 2. The number of primary amides is 1. The molecule has 0 atom stereocenters. The summed E-state index contributed by atoms with van der Waals surface area (Å²) in [6.07, 6.45) is 2.02. The quantitative estimate of drug-likeness (QED) is 0.743. The molecule has 3 aromatic rings. The Balaban J connectivity index is 1.67. The average molecular weight is 344 g/mol. The largest absolute Gasteiger partial charge is 0.365 e. The SMILES string of the molecule is NC(=O)c1cnc(NC(=O)c2csc(Cc3ccccc3)n2)s1. The first-order chi connectivity index (χ1) is 11.1. The van der Waals surface area contributed by atoms with Crippen molar-refractivity contribution >= 4 is 39.6 Å². The number of benzene rings is 1. The molecule has 3 N–H and O–H groups in total. The molecule has 0 saturated carbocycles. The van der Waals surface area contributed by atoms with Crippen molar-refractivity contribution < 1.29 is 9.59 Å². The molecule has 2 aromatic heterocycles. The summed E-state index contributed by atoms with van der Waals surface area (Å²) < 4.78 is 0. The molecule has 1 aromatic carbocycles. The summed E-state index contributed by atoms with van der Waals surface area (Å²) in [4.78, 5) is 31.7. The Kier molecular flexibility index (Phi) is 4.45. The molecule has 8 heteroatoms.